The molecule has 0 amide bonds. The summed E-state index contributed by atoms with van der Waals surface area (Å²) in [7, 11) is 0. The number of nitrogens with two attached hydrogens (primary N) is 1. The van der Waals surface area contributed by atoms with Crippen molar-refractivity contribution in [3.05, 3.63) is 40.8 Å². The summed E-state index contributed by atoms with van der Waals surface area (Å²) in [5, 5.41) is 1.60. The Morgan fingerprint density at radius 1 is 1.45 bits per heavy atom. The number of aromatic nitrogens is 1. The van der Waals surface area contributed by atoms with Crippen LogP contribution in [-0.4, -0.2) is 41.7 Å². The molecule has 1 aromatic carbocycles. The van der Waals surface area contributed by atoms with E-state index in [0.29, 0.717) is 5.39 Å². The maximum atomic E-state index is 11.7. The number of benzene rings is 1. The number of hydrogen-bond donors (Lipinski definition) is 2. The minimum absolute atomic E-state index is 0.0650. The van der Waals surface area contributed by atoms with Crippen molar-refractivity contribution in [2.45, 2.75) is 31.9 Å². The largest absolute Gasteiger partial charge is 0.489 e. The Labute approximate surface area is 130 Å². The lowest BCUT2D eigenvalue weighted by molar-refractivity contribution is 0.0861. The predicted molar refractivity (Wildman–Crippen MR) is 88.3 cm³/mol. The maximum Gasteiger partial charge on any atom is 0.255 e. The van der Waals surface area contributed by atoms with Crippen molar-refractivity contribution in [2.75, 3.05) is 19.6 Å². The average molecular weight is 301 g/mol. The van der Waals surface area contributed by atoms with Crippen molar-refractivity contribution >= 4 is 10.8 Å². The number of nitrogens with zero attached hydrogens (tertiary/aromatic N) is 1. The van der Waals surface area contributed by atoms with Gasteiger partial charge in [-0.15, -0.1) is 0 Å². The Balaban J connectivity index is 1.71. The molecule has 0 bridgehead atoms. The van der Waals surface area contributed by atoms with E-state index >= 15 is 0 Å². The third-order valence-electron chi connectivity index (χ3n) is 4.06. The van der Waals surface area contributed by atoms with Crippen LogP contribution in [0.15, 0.2) is 35.3 Å². The van der Waals surface area contributed by atoms with E-state index in [4.69, 9.17) is 10.5 Å². The summed E-state index contributed by atoms with van der Waals surface area (Å²) in [4.78, 5) is 16.8. The highest BCUT2D eigenvalue weighted by Gasteiger charge is 2.21. The topological polar surface area (TPSA) is 71.3 Å². The molecule has 0 spiro atoms. The van der Waals surface area contributed by atoms with Crippen LogP contribution >= 0.6 is 0 Å². The third-order valence-corrected chi connectivity index (χ3v) is 4.06. The smallest absolute Gasteiger partial charge is 0.255 e. The molecule has 1 unspecified atom stereocenters. The molecule has 0 aliphatic carbocycles. The minimum Gasteiger partial charge on any atom is -0.489 e. The molecule has 3 N–H and O–H groups in total. The van der Waals surface area contributed by atoms with Gasteiger partial charge in [-0.05, 0) is 56.0 Å². The van der Waals surface area contributed by atoms with E-state index in [0.717, 1.165) is 43.6 Å². The fraction of sp³-hybridized carbons (Fsp3) is 0.471. The first-order chi connectivity index (χ1) is 10.6. The molecule has 1 aliphatic heterocycles. The summed E-state index contributed by atoms with van der Waals surface area (Å²) < 4.78 is 6.12. The number of nitrogens with one attached hydrogen (secondary N) is 1. The number of ether oxygens (including phenoxy) is 1. The van der Waals surface area contributed by atoms with E-state index in [1.807, 2.05) is 31.2 Å². The van der Waals surface area contributed by atoms with Crippen molar-refractivity contribution in [3.8, 4) is 5.75 Å². The van der Waals surface area contributed by atoms with Gasteiger partial charge in [0.25, 0.3) is 5.56 Å². The average Bonchev–Trinajstić information content (AvgIpc) is 2.47. The summed E-state index contributed by atoms with van der Waals surface area (Å²) in [6.07, 6.45) is 4.04. The normalized spacial score (nSPS) is 20.9. The second kappa shape index (κ2) is 6.50. The van der Waals surface area contributed by atoms with E-state index < -0.39 is 0 Å². The number of aromatic amines is 1. The first-order valence-corrected chi connectivity index (χ1v) is 7.88. The quantitative estimate of drug-likeness (QED) is 0.902. The maximum absolute atomic E-state index is 11.7. The second-order valence-electron chi connectivity index (χ2n) is 6.17. The minimum atomic E-state index is -0.0650. The molecule has 3 rings (SSSR count). The van der Waals surface area contributed by atoms with Crippen LogP contribution in [0.4, 0.5) is 0 Å². The Kier molecular flexibility index (Phi) is 4.45. The predicted octanol–water partition coefficient (Wildman–Crippen LogP) is 1.72. The van der Waals surface area contributed by atoms with Gasteiger partial charge in [0.15, 0.2) is 0 Å². The van der Waals surface area contributed by atoms with E-state index in [1.54, 1.807) is 6.20 Å². The molecule has 2 heterocycles. The third kappa shape index (κ3) is 3.48. The standard InChI is InChI=1S/C17H23N3O2/c1-12(18)10-20-8-2-3-15(11-20)22-14-4-5-16-13(9-14)6-7-19-17(16)21/h4-7,9,12,15H,2-3,8,10-11,18H2,1H3,(H,19,21)/t12-,15?/m0/s1. The zero-order chi connectivity index (χ0) is 15.5. The summed E-state index contributed by atoms with van der Waals surface area (Å²) in [6, 6.07) is 7.72. The number of piperidine rings is 1. The van der Waals surface area contributed by atoms with Crippen molar-refractivity contribution in [3.63, 3.8) is 0 Å². The van der Waals surface area contributed by atoms with Crippen LogP contribution in [0.5, 0.6) is 5.75 Å². The van der Waals surface area contributed by atoms with Crippen LogP contribution in [0, 0.1) is 0 Å². The first kappa shape index (κ1) is 15.1. The lowest BCUT2D eigenvalue weighted by atomic mass is 10.1. The van der Waals surface area contributed by atoms with Gasteiger partial charge in [-0.3, -0.25) is 9.69 Å². The van der Waals surface area contributed by atoms with Gasteiger partial charge in [0, 0.05) is 30.7 Å². The molecule has 1 aromatic heterocycles. The molecule has 0 saturated carbocycles. The van der Waals surface area contributed by atoms with Crippen LogP contribution < -0.4 is 16.0 Å². The lowest BCUT2D eigenvalue weighted by Crippen LogP contribution is -2.45. The second-order valence-corrected chi connectivity index (χ2v) is 6.17. The molecule has 118 valence electrons. The zero-order valence-electron chi connectivity index (χ0n) is 12.9. The summed E-state index contributed by atoms with van der Waals surface area (Å²) in [5.74, 6) is 0.825. The van der Waals surface area contributed by atoms with E-state index in [9.17, 15) is 4.79 Å². The highest BCUT2D eigenvalue weighted by Crippen LogP contribution is 2.22. The summed E-state index contributed by atoms with van der Waals surface area (Å²) in [5.41, 5.74) is 5.82. The summed E-state index contributed by atoms with van der Waals surface area (Å²) >= 11 is 0. The highest BCUT2D eigenvalue weighted by atomic mass is 16.5. The lowest BCUT2D eigenvalue weighted by Gasteiger charge is -2.33. The van der Waals surface area contributed by atoms with E-state index in [2.05, 4.69) is 9.88 Å². The van der Waals surface area contributed by atoms with Crippen LogP contribution in [0.2, 0.25) is 0 Å². The Hall–Kier alpha value is -1.85. The molecule has 0 radical (unpaired) electrons. The highest BCUT2D eigenvalue weighted by molar-refractivity contribution is 5.82. The van der Waals surface area contributed by atoms with Crippen molar-refractivity contribution in [2.24, 2.45) is 5.73 Å². The SMILES string of the molecule is C[C@H](N)CN1CCCC(Oc2ccc3c(=O)[nH]ccc3c2)C1. The van der Waals surface area contributed by atoms with Crippen LogP contribution in [-0.2, 0) is 0 Å². The van der Waals surface area contributed by atoms with Gasteiger partial charge in [0.05, 0.1) is 0 Å². The molecule has 2 atom stereocenters. The van der Waals surface area contributed by atoms with Gasteiger partial charge in [-0.25, -0.2) is 0 Å². The van der Waals surface area contributed by atoms with Crippen molar-refractivity contribution in [1.82, 2.24) is 9.88 Å². The molecule has 1 aliphatic rings. The molecule has 2 aromatic rings. The van der Waals surface area contributed by atoms with Gasteiger partial charge in [-0.1, -0.05) is 0 Å². The van der Waals surface area contributed by atoms with Crippen LogP contribution in [0.1, 0.15) is 19.8 Å². The van der Waals surface area contributed by atoms with Gasteiger partial charge < -0.3 is 15.5 Å². The van der Waals surface area contributed by atoms with Crippen molar-refractivity contribution < 1.29 is 4.74 Å². The number of H-pyrrole nitrogens is 1. The molecule has 5 nitrogen and oxygen atoms in total. The van der Waals surface area contributed by atoms with Crippen LogP contribution in [0.3, 0.4) is 0 Å². The molecule has 1 fully saturated rings. The molecular formula is C17H23N3O2. The molecular weight excluding hydrogens is 278 g/mol. The Morgan fingerprint density at radius 3 is 3.14 bits per heavy atom. The fourth-order valence-electron chi connectivity index (χ4n) is 3.12. The fourth-order valence-corrected chi connectivity index (χ4v) is 3.12. The zero-order valence-corrected chi connectivity index (χ0v) is 12.9. The number of fused-ring (bicyclic) bond motifs is 1. The van der Waals surface area contributed by atoms with Gasteiger partial charge >= 0.3 is 0 Å². The Bertz CT molecular complexity index is 696. The summed E-state index contributed by atoms with van der Waals surface area (Å²) in [6.45, 7) is 4.95. The number of hydrogen-bond acceptors (Lipinski definition) is 4. The van der Waals surface area contributed by atoms with E-state index in [1.165, 1.54) is 0 Å². The Morgan fingerprint density at radius 2 is 2.32 bits per heavy atom. The number of pyridine rings is 1. The van der Waals surface area contributed by atoms with E-state index in [-0.39, 0.29) is 17.7 Å². The molecule has 22 heavy (non-hydrogen) atoms. The number of likely N-dealkylation sites (tertiary alicyclic amines) is 1. The monoisotopic (exact) mass is 301 g/mol. The van der Waals surface area contributed by atoms with Crippen molar-refractivity contribution in [1.29, 1.82) is 0 Å². The number of rotatable bonds is 4. The van der Waals surface area contributed by atoms with Gasteiger partial charge in [-0.2, -0.15) is 0 Å². The first-order valence-electron chi connectivity index (χ1n) is 7.88. The molecule has 1 saturated heterocycles. The van der Waals surface area contributed by atoms with Crippen LogP contribution in [0.25, 0.3) is 10.8 Å². The molecule has 5 heteroatoms. The van der Waals surface area contributed by atoms with Gasteiger partial charge in [0.2, 0.25) is 0 Å². The van der Waals surface area contributed by atoms with Gasteiger partial charge in [0.1, 0.15) is 11.9 Å².